The van der Waals surface area contributed by atoms with Crippen molar-refractivity contribution in [3.8, 4) is 0 Å². The Morgan fingerprint density at radius 3 is 2.18 bits per heavy atom. The quantitative estimate of drug-likeness (QED) is 0.653. The average molecular weight is 244 g/mol. The number of rotatable bonds is 9. The van der Waals surface area contributed by atoms with E-state index in [4.69, 9.17) is 0 Å². The lowest BCUT2D eigenvalue weighted by Gasteiger charge is -2.38. The van der Waals surface area contributed by atoms with Gasteiger partial charge in [0.1, 0.15) is 0 Å². The van der Waals surface area contributed by atoms with Crippen LogP contribution < -0.4 is 5.32 Å². The number of likely N-dealkylation sites (N-methyl/N-ethyl adjacent to an activating group) is 1. The first-order valence-corrected chi connectivity index (χ1v) is 7.01. The molecule has 0 aliphatic carbocycles. The van der Waals surface area contributed by atoms with Crippen LogP contribution in [0, 0.1) is 0 Å². The normalized spacial score (nSPS) is 17.5. The summed E-state index contributed by atoms with van der Waals surface area (Å²) in [5.74, 6) is 0. The van der Waals surface area contributed by atoms with Crippen LogP contribution in [0.2, 0.25) is 0 Å². The summed E-state index contributed by atoms with van der Waals surface area (Å²) in [6.45, 7) is 15.4. The summed E-state index contributed by atoms with van der Waals surface area (Å²) in [5, 5.41) is 12.9. The SMILES string of the molecule is CCCN(C(C)C)C(C)CC(C)(CO)NCC. The van der Waals surface area contributed by atoms with E-state index in [1.807, 2.05) is 0 Å². The molecule has 0 spiro atoms. The van der Waals surface area contributed by atoms with E-state index in [1.54, 1.807) is 0 Å². The molecule has 0 heterocycles. The predicted molar refractivity (Wildman–Crippen MR) is 75.4 cm³/mol. The summed E-state index contributed by atoms with van der Waals surface area (Å²) in [4.78, 5) is 2.52. The topological polar surface area (TPSA) is 35.5 Å². The van der Waals surface area contributed by atoms with Gasteiger partial charge in [-0.3, -0.25) is 4.90 Å². The van der Waals surface area contributed by atoms with Crippen LogP contribution in [0.4, 0.5) is 0 Å². The molecule has 0 aromatic carbocycles. The molecule has 0 fully saturated rings. The van der Waals surface area contributed by atoms with Crippen molar-refractivity contribution in [3.05, 3.63) is 0 Å². The van der Waals surface area contributed by atoms with Crippen molar-refractivity contribution >= 4 is 0 Å². The van der Waals surface area contributed by atoms with Gasteiger partial charge in [0.05, 0.1) is 6.61 Å². The maximum absolute atomic E-state index is 9.53. The first-order valence-electron chi connectivity index (χ1n) is 7.01. The van der Waals surface area contributed by atoms with E-state index in [9.17, 15) is 5.11 Å². The van der Waals surface area contributed by atoms with Crippen LogP contribution in [-0.4, -0.2) is 47.3 Å². The zero-order valence-corrected chi connectivity index (χ0v) is 12.6. The van der Waals surface area contributed by atoms with E-state index < -0.39 is 0 Å². The molecule has 0 bridgehead atoms. The molecule has 2 atom stereocenters. The number of hydrogen-bond donors (Lipinski definition) is 2. The van der Waals surface area contributed by atoms with Gasteiger partial charge >= 0.3 is 0 Å². The minimum atomic E-state index is -0.158. The van der Waals surface area contributed by atoms with Gasteiger partial charge in [-0.2, -0.15) is 0 Å². The molecular formula is C14H32N2O. The first kappa shape index (κ1) is 16.9. The largest absolute Gasteiger partial charge is 0.394 e. The smallest absolute Gasteiger partial charge is 0.0611 e. The fourth-order valence-corrected chi connectivity index (χ4v) is 2.63. The molecule has 0 rings (SSSR count). The molecule has 104 valence electrons. The summed E-state index contributed by atoms with van der Waals surface area (Å²) in [7, 11) is 0. The maximum Gasteiger partial charge on any atom is 0.0611 e. The second kappa shape index (κ2) is 8.06. The molecular weight excluding hydrogens is 212 g/mol. The fourth-order valence-electron chi connectivity index (χ4n) is 2.63. The maximum atomic E-state index is 9.53. The van der Waals surface area contributed by atoms with Crippen LogP contribution in [-0.2, 0) is 0 Å². The second-order valence-electron chi connectivity index (χ2n) is 5.63. The van der Waals surface area contributed by atoms with E-state index in [0.717, 1.165) is 19.5 Å². The molecule has 3 nitrogen and oxygen atoms in total. The van der Waals surface area contributed by atoms with Gasteiger partial charge in [-0.1, -0.05) is 13.8 Å². The van der Waals surface area contributed by atoms with Crippen molar-refractivity contribution in [1.82, 2.24) is 10.2 Å². The zero-order valence-electron chi connectivity index (χ0n) is 12.6. The molecule has 0 aromatic heterocycles. The molecule has 0 aliphatic rings. The lowest BCUT2D eigenvalue weighted by Crippen LogP contribution is -2.51. The third-order valence-corrected chi connectivity index (χ3v) is 3.41. The standard InChI is InChI=1S/C14H32N2O/c1-7-9-16(12(3)4)13(5)10-14(6,11-17)15-8-2/h12-13,15,17H,7-11H2,1-6H3. The minimum Gasteiger partial charge on any atom is -0.394 e. The molecule has 0 radical (unpaired) electrons. The molecule has 2 N–H and O–H groups in total. The van der Waals surface area contributed by atoms with Gasteiger partial charge in [-0.05, 0) is 53.6 Å². The van der Waals surface area contributed by atoms with Crippen LogP contribution in [0.1, 0.15) is 54.4 Å². The number of nitrogens with zero attached hydrogens (tertiary/aromatic N) is 1. The van der Waals surface area contributed by atoms with E-state index in [2.05, 4.69) is 51.8 Å². The van der Waals surface area contributed by atoms with Crippen LogP contribution >= 0.6 is 0 Å². The van der Waals surface area contributed by atoms with Gasteiger partial charge in [0.25, 0.3) is 0 Å². The lowest BCUT2D eigenvalue weighted by atomic mass is 9.93. The summed E-state index contributed by atoms with van der Waals surface area (Å²) >= 11 is 0. The Labute approximate surface area is 108 Å². The highest BCUT2D eigenvalue weighted by Gasteiger charge is 2.28. The van der Waals surface area contributed by atoms with Crippen molar-refractivity contribution in [2.45, 2.75) is 72.0 Å². The Morgan fingerprint density at radius 1 is 1.24 bits per heavy atom. The molecule has 0 amide bonds. The highest BCUT2D eigenvalue weighted by atomic mass is 16.3. The zero-order chi connectivity index (χ0) is 13.5. The van der Waals surface area contributed by atoms with Gasteiger partial charge in [0.2, 0.25) is 0 Å². The molecule has 0 aromatic rings. The molecule has 0 saturated carbocycles. The fraction of sp³-hybridized carbons (Fsp3) is 1.00. The summed E-state index contributed by atoms with van der Waals surface area (Å²) < 4.78 is 0. The van der Waals surface area contributed by atoms with Crippen molar-refractivity contribution in [2.75, 3.05) is 19.7 Å². The third kappa shape index (κ3) is 5.84. The van der Waals surface area contributed by atoms with Crippen molar-refractivity contribution in [3.63, 3.8) is 0 Å². The highest BCUT2D eigenvalue weighted by molar-refractivity contribution is 4.87. The molecule has 2 unspecified atom stereocenters. The van der Waals surface area contributed by atoms with Gasteiger partial charge in [-0.15, -0.1) is 0 Å². The van der Waals surface area contributed by atoms with Crippen LogP contribution in [0.15, 0.2) is 0 Å². The van der Waals surface area contributed by atoms with Gasteiger partial charge in [-0.25, -0.2) is 0 Å². The van der Waals surface area contributed by atoms with Crippen molar-refractivity contribution in [2.24, 2.45) is 0 Å². The number of aliphatic hydroxyl groups excluding tert-OH is 1. The Kier molecular flexibility index (Phi) is 8.01. The summed E-state index contributed by atoms with van der Waals surface area (Å²) in [5.41, 5.74) is -0.158. The van der Waals surface area contributed by atoms with E-state index in [-0.39, 0.29) is 12.1 Å². The highest BCUT2D eigenvalue weighted by Crippen LogP contribution is 2.18. The van der Waals surface area contributed by atoms with E-state index in [0.29, 0.717) is 12.1 Å². The molecule has 3 heteroatoms. The van der Waals surface area contributed by atoms with Crippen LogP contribution in [0.3, 0.4) is 0 Å². The Bertz CT molecular complexity index is 197. The average Bonchev–Trinajstić information content (AvgIpc) is 2.25. The Balaban J connectivity index is 4.50. The Hall–Kier alpha value is -0.120. The van der Waals surface area contributed by atoms with Gasteiger partial charge in [0, 0.05) is 17.6 Å². The van der Waals surface area contributed by atoms with Crippen molar-refractivity contribution < 1.29 is 5.11 Å². The number of aliphatic hydroxyl groups is 1. The van der Waals surface area contributed by atoms with E-state index in [1.165, 1.54) is 6.42 Å². The van der Waals surface area contributed by atoms with E-state index >= 15 is 0 Å². The van der Waals surface area contributed by atoms with Crippen molar-refractivity contribution in [1.29, 1.82) is 0 Å². The Morgan fingerprint density at radius 2 is 1.82 bits per heavy atom. The molecule has 0 saturated heterocycles. The summed E-state index contributed by atoms with van der Waals surface area (Å²) in [6, 6.07) is 1.06. The first-order chi connectivity index (χ1) is 7.90. The predicted octanol–water partition coefficient (Wildman–Crippen LogP) is 2.25. The molecule has 0 aliphatic heterocycles. The monoisotopic (exact) mass is 244 g/mol. The third-order valence-electron chi connectivity index (χ3n) is 3.41. The lowest BCUT2D eigenvalue weighted by molar-refractivity contribution is 0.0977. The van der Waals surface area contributed by atoms with Crippen LogP contribution in [0.5, 0.6) is 0 Å². The number of hydrogen-bond acceptors (Lipinski definition) is 3. The van der Waals surface area contributed by atoms with Crippen LogP contribution in [0.25, 0.3) is 0 Å². The summed E-state index contributed by atoms with van der Waals surface area (Å²) in [6.07, 6.45) is 2.16. The van der Waals surface area contributed by atoms with Gasteiger partial charge in [0.15, 0.2) is 0 Å². The van der Waals surface area contributed by atoms with Gasteiger partial charge < -0.3 is 10.4 Å². The second-order valence-corrected chi connectivity index (χ2v) is 5.63. The minimum absolute atomic E-state index is 0.158. The number of nitrogens with one attached hydrogen (secondary N) is 1. The molecule has 17 heavy (non-hydrogen) atoms.